The zero-order chi connectivity index (χ0) is 13.9. The van der Waals surface area contributed by atoms with Crippen molar-refractivity contribution >= 4 is 38.3 Å². The average Bonchev–Trinajstić information content (AvgIpc) is 2.85. The largest absolute Gasteiger partial charge is 0.263 e. The molecule has 0 amide bonds. The summed E-state index contributed by atoms with van der Waals surface area (Å²) in [4.78, 5) is 1.24. The highest BCUT2D eigenvalue weighted by molar-refractivity contribution is 7.98. The van der Waals surface area contributed by atoms with Crippen molar-refractivity contribution in [1.29, 1.82) is 0 Å². The second kappa shape index (κ2) is 5.89. The summed E-state index contributed by atoms with van der Waals surface area (Å²) < 4.78 is 26.7. The Morgan fingerprint density at radius 1 is 1.26 bits per heavy atom. The molecular formula is C11H13N3O2S3. The number of hydrogen-bond donors (Lipinski definition) is 1. The third-order valence-corrected chi connectivity index (χ3v) is 5.57. The lowest BCUT2D eigenvalue weighted by molar-refractivity contribution is 0.601. The summed E-state index contributed by atoms with van der Waals surface area (Å²) >= 11 is 2.81. The van der Waals surface area contributed by atoms with E-state index in [1.54, 1.807) is 36.0 Å². The fraction of sp³-hybridized carbons (Fsp3) is 0.273. The van der Waals surface area contributed by atoms with Crippen LogP contribution in [0.15, 0.2) is 34.1 Å². The first kappa shape index (κ1) is 14.3. The highest BCUT2D eigenvalue weighted by Gasteiger charge is 2.16. The molecule has 0 aliphatic rings. The molecule has 0 atom stereocenters. The van der Waals surface area contributed by atoms with Gasteiger partial charge in [-0.3, -0.25) is 4.72 Å². The van der Waals surface area contributed by atoms with Crippen molar-refractivity contribution in [1.82, 2.24) is 10.2 Å². The van der Waals surface area contributed by atoms with Gasteiger partial charge in [-0.1, -0.05) is 18.3 Å². The van der Waals surface area contributed by atoms with Crippen LogP contribution in [-0.2, 0) is 16.4 Å². The molecule has 0 aliphatic heterocycles. The number of benzene rings is 1. The highest BCUT2D eigenvalue weighted by atomic mass is 32.2. The molecule has 0 saturated heterocycles. The predicted molar refractivity (Wildman–Crippen MR) is 78.3 cm³/mol. The van der Waals surface area contributed by atoms with Gasteiger partial charge >= 0.3 is 0 Å². The Morgan fingerprint density at radius 3 is 2.47 bits per heavy atom. The summed E-state index contributed by atoms with van der Waals surface area (Å²) in [6.45, 7) is 1.94. The van der Waals surface area contributed by atoms with Gasteiger partial charge in [-0.15, -0.1) is 22.0 Å². The van der Waals surface area contributed by atoms with Gasteiger partial charge in [-0.05, 0) is 36.9 Å². The third kappa shape index (κ3) is 3.46. The van der Waals surface area contributed by atoms with E-state index in [0.717, 1.165) is 16.3 Å². The number of rotatable bonds is 5. The molecule has 0 aliphatic carbocycles. The van der Waals surface area contributed by atoms with Crippen LogP contribution < -0.4 is 4.72 Å². The first-order valence-corrected chi connectivity index (χ1v) is 9.07. The van der Waals surface area contributed by atoms with Gasteiger partial charge in [0.1, 0.15) is 5.01 Å². The van der Waals surface area contributed by atoms with E-state index in [2.05, 4.69) is 14.9 Å². The quantitative estimate of drug-likeness (QED) is 0.859. The molecule has 1 heterocycles. The van der Waals surface area contributed by atoms with Crippen LogP contribution in [0.1, 0.15) is 11.9 Å². The van der Waals surface area contributed by atoms with Crippen LogP contribution >= 0.6 is 23.1 Å². The van der Waals surface area contributed by atoms with Gasteiger partial charge in [0.2, 0.25) is 5.13 Å². The number of aromatic nitrogens is 2. The van der Waals surface area contributed by atoms with Gasteiger partial charge in [-0.25, -0.2) is 8.42 Å². The fourth-order valence-corrected chi connectivity index (χ4v) is 3.68. The Bertz CT molecular complexity index is 650. The average molecular weight is 315 g/mol. The molecule has 0 unspecified atom stereocenters. The zero-order valence-corrected chi connectivity index (χ0v) is 12.9. The summed E-state index contributed by atoms with van der Waals surface area (Å²) in [5.41, 5.74) is 0. The molecule has 0 radical (unpaired) electrons. The van der Waals surface area contributed by atoms with Crippen LogP contribution in [0.25, 0.3) is 0 Å². The molecule has 0 spiro atoms. The van der Waals surface area contributed by atoms with Gasteiger partial charge in [-0.2, -0.15) is 0 Å². The van der Waals surface area contributed by atoms with E-state index < -0.39 is 10.0 Å². The number of sulfonamides is 1. The van der Waals surface area contributed by atoms with Crippen molar-refractivity contribution in [3.05, 3.63) is 29.3 Å². The molecular weight excluding hydrogens is 302 g/mol. The smallest absolute Gasteiger partial charge is 0.253 e. The van der Waals surface area contributed by atoms with E-state index in [9.17, 15) is 8.42 Å². The van der Waals surface area contributed by atoms with Crippen molar-refractivity contribution in [3.63, 3.8) is 0 Å². The minimum absolute atomic E-state index is 0.221. The third-order valence-electron chi connectivity index (χ3n) is 2.36. The van der Waals surface area contributed by atoms with Crippen LogP contribution in [-0.4, -0.2) is 24.9 Å². The monoisotopic (exact) mass is 315 g/mol. The predicted octanol–water partition coefficient (Wildman–Crippen LogP) is 2.62. The summed E-state index contributed by atoms with van der Waals surface area (Å²) in [5.74, 6) is 0. The maximum atomic E-state index is 12.1. The second-order valence-corrected chi connectivity index (χ2v) is 7.26. The highest BCUT2D eigenvalue weighted by Crippen LogP contribution is 2.22. The molecule has 8 heteroatoms. The number of nitrogens with zero attached hydrogens (tertiary/aromatic N) is 2. The minimum Gasteiger partial charge on any atom is -0.253 e. The Kier molecular flexibility index (Phi) is 4.43. The molecule has 19 heavy (non-hydrogen) atoms. The fourth-order valence-electron chi connectivity index (χ4n) is 1.37. The van der Waals surface area contributed by atoms with Crippen molar-refractivity contribution < 1.29 is 8.42 Å². The summed E-state index contributed by atoms with van der Waals surface area (Å²) in [6.07, 6.45) is 2.68. The van der Waals surface area contributed by atoms with Gasteiger partial charge in [0.15, 0.2) is 0 Å². The number of thioether (sulfide) groups is 1. The summed E-state index contributed by atoms with van der Waals surface area (Å²) in [5, 5.41) is 8.78. The molecule has 0 bridgehead atoms. The molecule has 0 fully saturated rings. The van der Waals surface area contributed by atoms with Crippen LogP contribution in [0, 0.1) is 0 Å². The first-order chi connectivity index (χ1) is 9.05. The minimum atomic E-state index is -3.58. The van der Waals surface area contributed by atoms with Crippen LogP contribution in [0.2, 0.25) is 0 Å². The molecule has 102 valence electrons. The molecule has 0 saturated carbocycles. The number of hydrogen-bond acceptors (Lipinski definition) is 6. The maximum Gasteiger partial charge on any atom is 0.263 e. The van der Waals surface area contributed by atoms with Gasteiger partial charge < -0.3 is 0 Å². The van der Waals surface area contributed by atoms with E-state index in [-0.39, 0.29) is 4.90 Å². The van der Waals surface area contributed by atoms with Gasteiger partial charge in [0.25, 0.3) is 10.0 Å². The topological polar surface area (TPSA) is 72.0 Å². The van der Waals surface area contributed by atoms with Gasteiger partial charge in [0.05, 0.1) is 4.90 Å². The number of anilines is 1. The van der Waals surface area contributed by atoms with E-state index in [4.69, 9.17) is 0 Å². The van der Waals surface area contributed by atoms with E-state index in [1.165, 1.54) is 11.3 Å². The molecule has 2 aromatic rings. The Labute approximate surface area is 120 Å². The Morgan fingerprint density at radius 2 is 1.95 bits per heavy atom. The van der Waals surface area contributed by atoms with E-state index >= 15 is 0 Å². The molecule has 1 aromatic carbocycles. The Hall–Kier alpha value is -1.12. The standard InChI is InChI=1S/C11H13N3O2S3/c1-3-10-12-13-11(18-10)14-19(15,16)9-6-4-8(17-2)5-7-9/h4-7H,3H2,1-2H3,(H,13,14). The van der Waals surface area contributed by atoms with Crippen LogP contribution in [0.5, 0.6) is 0 Å². The second-order valence-electron chi connectivity index (χ2n) is 3.64. The maximum absolute atomic E-state index is 12.1. The first-order valence-electron chi connectivity index (χ1n) is 5.54. The lowest BCUT2D eigenvalue weighted by Crippen LogP contribution is -2.12. The van der Waals surface area contributed by atoms with Crippen molar-refractivity contribution in [2.75, 3.05) is 11.0 Å². The van der Waals surface area contributed by atoms with Crippen molar-refractivity contribution in [2.24, 2.45) is 0 Å². The summed E-state index contributed by atoms with van der Waals surface area (Å²) in [6, 6.07) is 6.71. The number of aryl methyl sites for hydroxylation is 1. The zero-order valence-electron chi connectivity index (χ0n) is 10.5. The lowest BCUT2D eigenvalue weighted by atomic mass is 10.4. The van der Waals surface area contributed by atoms with Gasteiger partial charge in [0, 0.05) is 4.90 Å². The normalized spacial score (nSPS) is 11.5. The van der Waals surface area contributed by atoms with Crippen molar-refractivity contribution in [3.8, 4) is 0 Å². The SMILES string of the molecule is CCc1nnc(NS(=O)(=O)c2ccc(SC)cc2)s1. The van der Waals surface area contributed by atoms with Crippen LogP contribution in [0.4, 0.5) is 5.13 Å². The van der Waals surface area contributed by atoms with Crippen molar-refractivity contribution in [2.45, 2.75) is 23.1 Å². The molecule has 1 aromatic heterocycles. The molecule has 1 N–H and O–H groups in total. The van der Waals surface area contributed by atoms with E-state index in [0.29, 0.717) is 5.13 Å². The Balaban J connectivity index is 2.21. The van der Waals surface area contributed by atoms with Crippen LogP contribution in [0.3, 0.4) is 0 Å². The molecule has 5 nitrogen and oxygen atoms in total. The lowest BCUT2D eigenvalue weighted by Gasteiger charge is -2.05. The summed E-state index contributed by atoms with van der Waals surface area (Å²) in [7, 11) is -3.58. The molecule has 2 rings (SSSR count). The number of nitrogens with one attached hydrogen (secondary N) is 1. The van der Waals surface area contributed by atoms with E-state index in [1.807, 2.05) is 13.2 Å².